The lowest BCUT2D eigenvalue weighted by Gasteiger charge is -2.38. The quantitative estimate of drug-likeness (QED) is 0.135. The van der Waals surface area contributed by atoms with E-state index in [1.807, 2.05) is 0 Å². The summed E-state index contributed by atoms with van der Waals surface area (Å²) in [6.45, 7) is 9.15. The molecule has 0 amide bonds. The van der Waals surface area contributed by atoms with Gasteiger partial charge in [-0.1, -0.05) is 221 Å². The normalized spacial score (nSPS) is 11.7. The monoisotopic (exact) mass is 960 g/mol. The standard InChI is InChI=1S/C73H56N2/c1-49-40-41-54(73(2,3)4)46-64(49)75(57-38-24-11-25-39-57)59-43-45-61-63(48-59)68(53-32-18-8-19-33-53)72-69-65(50-26-12-5-13-27-50)60-44-42-58(74(55-34-20-9-21-35-55)56-36-22-10-23-37-56)47-62(60)67(52-30-16-7-17-31-52)71(69)70(72)66(61)51-28-14-6-15-29-51/h5-48H,1-4H3. The first-order valence-electron chi connectivity index (χ1n) is 26.2. The van der Waals surface area contributed by atoms with E-state index in [1.165, 1.54) is 105 Å². The molecule has 0 unspecified atom stereocenters. The first-order valence-corrected chi connectivity index (χ1v) is 26.2. The summed E-state index contributed by atoms with van der Waals surface area (Å²) in [7, 11) is 0. The molecule has 0 radical (unpaired) electrons. The van der Waals surface area contributed by atoms with E-state index >= 15 is 0 Å². The lowest BCUT2D eigenvalue weighted by atomic mass is 9.65. The van der Waals surface area contributed by atoms with Crippen LogP contribution in [-0.2, 0) is 5.41 Å². The van der Waals surface area contributed by atoms with Crippen molar-refractivity contribution in [1.82, 2.24) is 0 Å². The molecular weight excluding hydrogens is 905 g/mol. The zero-order chi connectivity index (χ0) is 50.6. The van der Waals surface area contributed by atoms with Crippen molar-refractivity contribution in [2.24, 2.45) is 0 Å². The Balaban J connectivity index is 1.18. The van der Waals surface area contributed by atoms with Crippen LogP contribution in [0.2, 0.25) is 0 Å². The summed E-state index contributed by atoms with van der Waals surface area (Å²) >= 11 is 0. The van der Waals surface area contributed by atoms with Crippen LogP contribution in [0.15, 0.2) is 267 Å². The van der Waals surface area contributed by atoms with E-state index in [9.17, 15) is 0 Å². The number of nitrogens with zero attached hydrogens (tertiary/aromatic N) is 2. The Morgan fingerprint density at radius 3 is 0.907 bits per heavy atom. The SMILES string of the molecule is Cc1ccc(C(C)(C)C)cc1N(c1ccccc1)c1ccc2c(-c3ccccc3)c3c(c(-c4ccccc4)c2c1)-c1c-3c(-c2ccccc2)c2cc(N(c3ccccc3)c3ccccc3)ccc2c1-c1ccccc1. The average molecular weight is 961 g/mol. The van der Waals surface area contributed by atoms with E-state index in [-0.39, 0.29) is 5.41 Å². The van der Waals surface area contributed by atoms with Crippen molar-refractivity contribution in [3.8, 4) is 66.8 Å². The molecule has 12 aromatic carbocycles. The zero-order valence-corrected chi connectivity index (χ0v) is 42.8. The number of fused-ring (bicyclic) bond motifs is 6. The third kappa shape index (κ3) is 7.89. The topological polar surface area (TPSA) is 6.48 Å². The van der Waals surface area contributed by atoms with Gasteiger partial charge in [-0.2, -0.15) is 0 Å². The summed E-state index contributed by atoms with van der Waals surface area (Å²) in [6.07, 6.45) is 0. The Bertz CT molecular complexity index is 4010. The molecule has 0 atom stereocenters. The van der Waals surface area contributed by atoms with Crippen LogP contribution >= 0.6 is 0 Å². The van der Waals surface area contributed by atoms with Crippen molar-refractivity contribution in [1.29, 1.82) is 0 Å². The molecule has 0 N–H and O–H groups in total. The van der Waals surface area contributed by atoms with E-state index in [1.54, 1.807) is 0 Å². The van der Waals surface area contributed by atoms with E-state index in [4.69, 9.17) is 0 Å². The maximum Gasteiger partial charge on any atom is 0.0493 e. The third-order valence-electron chi connectivity index (χ3n) is 15.2. The fourth-order valence-corrected chi connectivity index (χ4v) is 11.7. The maximum atomic E-state index is 2.48. The van der Waals surface area contributed by atoms with Crippen molar-refractivity contribution in [2.45, 2.75) is 33.1 Å². The van der Waals surface area contributed by atoms with Crippen molar-refractivity contribution < 1.29 is 0 Å². The van der Waals surface area contributed by atoms with Gasteiger partial charge in [0.05, 0.1) is 0 Å². The minimum atomic E-state index is -0.0288. The molecule has 0 heterocycles. The first kappa shape index (κ1) is 45.6. The molecule has 12 aromatic rings. The molecular formula is C73H56N2. The van der Waals surface area contributed by atoms with Gasteiger partial charge in [0.25, 0.3) is 0 Å². The second kappa shape index (κ2) is 18.7. The van der Waals surface area contributed by atoms with Gasteiger partial charge < -0.3 is 9.80 Å². The van der Waals surface area contributed by atoms with Crippen LogP contribution in [0.1, 0.15) is 31.9 Å². The number of benzene rings is 12. The molecule has 0 spiro atoms. The van der Waals surface area contributed by atoms with Crippen molar-refractivity contribution >= 4 is 55.7 Å². The highest BCUT2D eigenvalue weighted by Crippen LogP contribution is 2.66. The van der Waals surface area contributed by atoms with Gasteiger partial charge in [-0.3, -0.25) is 0 Å². The van der Waals surface area contributed by atoms with Gasteiger partial charge in [0.1, 0.15) is 0 Å². The fraction of sp³-hybridized carbons (Fsp3) is 0.0685. The number of hydrogen-bond donors (Lipinski definition) is 0. The fourth-order valence-electron chi connectivity index (χ4n) is 11.7. The van der Waals surface area contributed by atoms with Gasteiger partial charge in [-0.05, 0) is 179 Å². The number of hydrogen-bond acceptors (Lipinski definition) is 2. The van der Waals surface area contributed by atoms with Crippen molar-refractivity contribution in [2.75, 3.05) is 9.80 Å². The molecule has 2 heteroatoms. The summed E-state index contributed by atoms with van der Waals surface area (Å²) in [5, 5.41) is 4.85. The van der Waals surface area contributed by atoms with Crippen LogP contribution in [-0.4, -0.2) is 0 Å². The zero-order valence-electron chi connectivity index (χ0n) is 42.8. The molecule has 0 aliphatic heterocycles. The number of anilines is 6. The minimum Gasteiger partial charge on any atom is -0.310 e. The molecule has 1 aliphatic rings. The second-order valence-electron chi connectivity index (χ2n) is 20.9. The lowest BCUT2D eigenvalue weighted by Crippen LogP contribution is -2.15. The Labute approximate surface area is 441 Å². The molecule has 75 heavy (non-hydrogen) atoms. The highest BCUT2D eigenvalue weighted by atomic mass is 15.1. The predicted octanol–water partition coefficient (Wildman–Crippen LogP) is 20.9. The molecule has 2 nitrogen and oxygen atoms in total. The van der Waals surface area contributed by atoms with Gasteiger partial charge in [0.2, 0.25) is 0 Å². The summed E-state index contributed by atoms with van der Waals surface area (Å²) in [5.41, 5.74) is 24.1. The van der Waals surface area contributed by atoms with Crippen molar-refractivity contribution in [3.05, 3.63) is 278 Å². The summed E-state index contributed by atoms with van der Waals surface area (Å²) in [6, 6.07) is 98.3. The highest BCUT2D eigenvalue weighted by molar-refractivity contribution is 6.33. The first-order chi connectivity index (χ1) is 36.8. The molecule has 0 aromatic heterocycles. The lowest BCUT2D eigenvalue weighted by molar-refractivity contribution is 0.590. The van der Waals surface area contributed by atoms with Crippen LogP contribution in [0.5, 0.6) is 0 Å². The minimum absolute atomic E-state index is 0.0288. The molecule has 0 bridgehead atoms. The second-order valence-corrected chi connectivity index (χ2v) is 20.9. The largest absolute Gasteiger partial charge is 0.310 e. The number of para-hydroxylation sites is 3. The van der Waals surface area contributed by atoms with Gasteiger partial charge in [-0.15, -0.1) is 0 Å². The Kier molecular flexibility index (Phi) is 11.4. The number of rotatable bonds is 10. The van der Waals surface area contributed by atoms with E-state index in [0.717, 1.165) is 28.4 Å². The Morgan fingerprint density at radius 2 is 0.560 bits per heavy atom. The van der Waals surface area contributed by atoms with Crippen LogP contribution < -0.4 is 9.80 Å². The average Bonchev–Trinajstić information content (AvgIpc) is 3.50. The summed E-state index contributed by atoms with van der Waals surface area (Å²) in [5.74, 6) is 0. The van der Waals surface area contributed by atoms with Crippen LogP contribution in [0.3, 0.4) is 0 Å². The van der Waals surface area contributed by atoms with Crippen LogP contribution in [0, 0.1) is 6.92 Å². The molecule has 0 saturated carbocycles. The molecule has 358 valence electrons. The molecule has 0 fully saturated rings. The summed E-state index contributed by atoms with van der Waals surface area (Å²) in [4.78, 5) is 4.85. The Hall–Kier alpha value is -9.24. The van der Waals surface area contributed by atoms with Crippen LogP contribution in [0.25, 0.3) is 88.3 Å². The molecule has 1 aliphatic carbocycles. The van der Waals surface area contributed by atoms with Gasteiger partial charge in [0.15, 0.2) is 0 Å². The van der Waals surface area contributed by atoms with Crippen molar-refractivity contribution in [3.63, 3.8) is 0 Å². The van der Waals surface area contributed by atoms with Gasteiger partial charge in [0, 0.05) is 34.1 Å². The van der Waals surface area contributed by atoms with E-state index < -0.39 is 0 Å². The Morgan fingerprint density at radius 1 is 0.253 bits per heavy atom. The van der Waals surface area contributed by atoms with E-state index in [2.05, 4.69) is 304 Å². The molecule has 13 rings (SSSR count). The smallest absolute Gasteiger partial charge is 0.0493 e. The third-order valence-corrected chi connectivity index (χ3v) is 15.2. The molecule has 0 saturated heterocycles. The predicted molar refractivity (Wildman–Crippen MR) is 320 cm³/mol. The maximum absolute atomic E-state index is 2.48. The van der Waals surface area contributed by atoms with Gasteiger partial charge in [-0.25, -0.2) is 0 Å². The number of aryl methyl sites for hydroxylation is 1. The van der Waals surface area contributed by atoms with E-state index in [0.29, 0.717) is 0 Å². The van der Waals surface area contributed by atoms with Crippen LogP contribution in [0.4, 0.5) is 34.1 Å². The summed E-state index contributed by atoms with van der Waals surface area (Å²) < 4.78 is 0. The highest BCUT2D eigenvalue weighted by Gasteiger charge is 2.39. The van der Waals surface area contributed by atoms with Gasteiger partial charge >= 0.3 is 0 Å².